The lowest BCUT2D eigenvalue weighted by atomic mass is 10.2. The summed E-state index contributed by atoms with van der Waals surface area (Å²) >= 11 is 5.96. The quantitative estimate of drug-likeness (QED) is 0.904. The highest BCUT2D eigenvalue weighted by Gasteiger charge is 2.08. The van der Waals surface area contributed by atoms with Gasteiger partial charge in [-0.1, -0.05) is 18.5 Å². The summed E-state index contributed by atoms with van der Waals surface area (Å²) in [6, 6.07) is 5.38. The summed E-state index contributed by atoms with van der Waals surface area (Å²) in [6.45, 7) is 3.23. The van der Waals surface area contributed by atoms with Gasteiger partial charge in [-0.05, 0) is 24.7 Å². The van der Waals surface area contributed by atoms with E-state index in [2.05, 4.69) is 15.3 Å². The van der Waals surface area contributed by atoms with Crippen molar-refractivity contribution in [1.29, 1.82) is 0 Å². The summed E-state index contributed by atoms with van der Waals surface area (Å²) in [5.74, 6) is -0.0923. The molecule has 0 atom stereocenters. The third-order valence-corrected chi connectivity index (χ3v) is 2.85. The van der Waals surface area contributed by atoms with Gasteiger partial charge in [0.25, 0.3) is 5.56 Å². The summed E-state index contributed by atoms with van der Waals surface area (Å²) in [5.41, 5.74) is 0.845. The van der Waals surface area contributed by atoms with Gasteiger partial charge in [-0.25, -0.2) is 9.37 Å². The molecule has 6 heteroatoms. The number of aromatic nitrogens is 2. The molecule has 4 nitrogen and oxygen atoms in total. The second-order valence-electron chi connectivity index (χ2n) is 3.99. The lowest BCUT2D eigenvalue weighted by Gasteiger charge is -2.06. The molecular weight excluding hydrogens is 269 g/mol. The molecular formula is C13H13ClFN3O. The number of rotatable bonds is 4. The van der Waals surface area contributed by atoms with E-state index in [1.807, 2.05) is 6.92 Å². The Kier molecular flexibility index (Phi) is 4.29. The number of hydrogen-bond donors (Lipinski definition) is 2. The van der Waals surface area contributed by atoms with Gasteiger partial charge in [0.1, 0.15) is 11.6 Å². The van der Waals surface area contributed by atoms with E-state index in [9.17, 15) is 9.18 Å². The molecule has 0 aliphatic heterocycles. The van der Waals surface area contributed by atoms with Crippen LogP contribution in [-0.2, 0) is 6.54 Å². The van der Waals surface area contributed by atoms with Crippen LogP contribution in [0.2, 0.25) is 5.02 Å². The Labute approximate surface area is 114 Å². The molecule has 19 heavy (non-hydrogen) atoms. The average Bonchev–Trinajstić information content (AvgIpc) is 2.35. The molecule has 0 spiro atoms. The minimum atomic E-state index is -0.431. The predicted molar refractivity (Wildman–Crippen MR) is 72.6 cm³/mol. The third-order valence-electron chi connectivity index (χ3n) is 2.54. The van der Waals surface area contributed by atoms with E-state index >= 15 is 0 Å². The number of benzene rings is 1. The molecule has 0 aliphatic rings. The molecule has 0 radical (unpaired) electrons. The smallest absolute Gasteiger partial charge is 0.251 e. The maximum Gasteiger partial charge on any atom is 0.251 e. The van der Waals surface area contributed by atoms with Gasteiger partial charge in [0.15, 0.2) is 0 Å². The zero-order chi connectivity index (χ0) is 13.8. The minimum Gasteiger partial charge on any atom is -0.311 e. The number of halogens is 2. The summed E-state index contributed by atoms with van der Waals surface area (Å²) < 4.78 is 13.0. The van der Waals surface area contributed by atoms with Crippen LogP contribution >= 0.6 is 11.6 Å². The molecule has 2 N–H and O–H groups in total. The zero-order valence-electron chi connectivity index (χ0n) is 10.3. The van der Waals surface area contributed by atoms with Crippen LogP contribution in [0.5, 0.6) is 0 Å². The molecule has 0 bridgehead atoms. The Morgan fingerprint density at radius 1 is 1.42 bits per heavy atom. The fraction of sp³-hybridized carbons (Fsp3) is 0.231. The predicted octanol–water partition coefficient (Wildman–Crippen LogP) is 2.34. The Balaban J connectivity index is 2.44. The lowest BCUT2D eigenvalue weighted by Crippen LogP contribution is -2.17. The van der Waals surface area contributed by atoms with Gasteiger partial charge in [0.05, 0.1) is 10.7 Å². The molecule has 0 unspecified atom stereocenters. The van der Waals surface area contributed by atoms with Crippen molar-refractivity contribution in [3.8, 4) is 11.4 Å². The number of hydrogen-bond acceptors (Lipinski definition) is 3. The standard InChI is InChI=1S/C13H13ClFN3O/c1-2-16-7-9-6-12(19)18-13(17-9)10-4-3-8(15)5-11(10)14/h3-6,16H,2,7H2,1H3,(H,17,18,19). The van der Waals surface area contributed by atoms with Crippen LogP contribution < -0.4 is 10.9 Å². The van der Waals surface area contributed by atoms with Gasteiger partial charge in [-0.2, -0.15) is 0 Å². The van der Waals surface area contributed by atoms with E-state index in [-0.39, 0.29) is 10.6 Å². The molecule has 2 rings (SSSR count). The largest absolute Gasteiger partial charge is 0.311 e. The molecule has 1 aromatic carbocycles. The first-order valence-electron chi connectivity index (χ1n) is 5.86. The van der Waals surface area contributed by atoms with Crippen molar-refractivity contribution in [3.63, 3.8) is 0 Å². The van der Waals surface area contributed by atoms with Gasteiger partial charge in [-0.15, -0.1) is 0 Å². The summed E-state index contributed by atoms with van der Waals surface area (Å²) in [4.78, 5) is 18.5. The van der Waals surface area contributed by atoms with E-state index < -0.39 is 5.82 Å². The second kappa shape index (κ2) is 5.95. The van der Waals surface area contributed by atoms with Crippen molar-refractivity contribution >= 4 is 11.6 Å². The molecule has 0 amide bonds. The van der Waals surface area contributed by atoms with Crippen LogP contribution in [0.1, 0.15) is 12.6 Å². The Morgan fingerprint density at radius 2 is 2.21 bits per heavy atom. The highest BCUT2D eigenvalue weighted by molar-refractivity contribution is 6.33. The molecule has 0 fully saturated rings. The van der Waals surface area contributed by atoms with E-state index in [0.29, 0.717) is 23.6 Å². The van der Waals surface area contributed by atoms with Crippen molar-refractivity contribution < 1.29 is 4.39 Å². The number of nitrogens with zero attached hydrogens (tertiary/aromatic N) is 1. The fourth-order valence-corrected chi connectivity index (χ4v) is 1.92. The van der Waals surface area contributed by atoms with Crippen LogP contribution in [0.15, 0.2) is 29.1 Å². The van der Waals surface area contributed by atoms with Crippen LogP contribution in [0.4, 0.5) is 4.39 Å². The second-order valence-corrected chi connectivity index (χ2v) is 4.40. The topological polar surface area (TPSA) is 57.8 Å². The molecule has 0 saturated heterocycles. The number of H-pyrrole nitrogens is 1. The lowest BCUT2D eigenvalue weighted by molar-refractivity contribution is 0.628. The fourth-order valence-electron chi connectivity index (χ4n) is 1.66. The highest BCUT2D eigenvalue weighted by Crippen LogP contribution is 2.25. The Bertz CT molecular complexity index is 642. The van der Waals surface area contributed by atoms with E-state index in [1.165, 1.54) is 24.3 Å². The first kappa shape index (κ1) is 13.7. The Morgan fingerprint density at radius 3 is 2.89 bits per heavy atom. The third kappa shape index (κ3) is 3.39. The molecule has 0 saturated carbocycles. The molecule has 2 aromatic rings. The van der Waals surface area contributed by atoms with Gasteiger partial charge in [0.2, 0.25) is 0 Å². The van der Waals surface area contributed by atoms with Crippen molar-refractivity contribution in [1.82, 2.24) is 15.3 Å². The first-order valence-corrected chi connectivity index (χ1v) is 6.24. The number of aromatic amines is 1. The van der Waals surface area contributed by atoms with E-state index in [1.54, 1.807) is 0 Å². The van der Waals surface area contributed by atoms with Gasteiger partial charge in [0, 0.05) is 18.2 Å². The van der Waals surface area contributed by atoms with Crippen LogP contribution in [0.3, 0.4) is 0 Å². The average molecular weight is 282 g/mol. The van der Waals surface area contributed by atoms with E-state index in [4.69, 9.17) is 11.6 Å². The van der Waals surface area contributed by atoms with Gasteiger partial charge in [-0.3, -0.25) is 4.79 Å². The van der Waals surface area contributed by atoms with Gasteiger partial charge >= 0.3 is 0 Å². The number of nitrogens with one attached hydrogen (secondary N) is 2. The SMILES string of the molecule is CCNCc1cc(=O)[nH]c(-c2ccc(F)cc2Cl)n1. The summed E-state index contributed by atoms with van der Waals surface area (Å²) in [6.07, 6.45) is 0. The van der Waals surface area contributed by atoms with Crippen LogP contribution in [0.25, 0.3) is 11.4 Å². The van der Waals surface area contributed by atoms with Crippen molar-refractivity contribution in [2.75, 3.05) is 6.54 Å². The maximum absolute atomic E-state index is 13.0. The van der Waals surface area contributed by atoms with E-state index in [0.717, 1.165) is 6.54 Å². The molecule has 1 heterocycles. The molecule has 1 aromatic heterocycles. The van der Waals surface area contributed by atoms with Crippen LogP contribution in [-0.4, -0.2) is 16.5 Å². The zero-order valence-corrected chi connectivity index (χ0v) is 11.1. The monoisotopic (exact) mass is 281 g/mol. The van der Waals surface area contributed by atoms with Crippen molar-refractivity contribution in [2.24, 2.45) is 0 Å². The molecule has 0 aliphatic carbocycles. The molecule has 100 valence electrons. The Hall–Kier alpha value is -1.72. The van der Waals surface area contributed by atoms with Gasteiger partial charge < -0.3 is 10.3 Å². The summed E-state index contributed by atoms with van der Waals surface area (Å²) in [5, 5.41) is 3.30. The van der Waals surface area contributed by atoms with Crippen molar-refractivity contribution in [3.05, 3.63) is 51.2 Å². The maximum atomic E-state index is 13.0. The highest BCUT2D eigenvalue weighted by atomic mass is 35.5. The summed E-state index contributed by atoms with van der Waals surface area (Å²) in [7, 11) is 0. The van der Waals surface area contributed by atoms with Crippen LogP contribution in [0, 0.1) is 5.82 Å². The van der Waals surface area contributed by atoms with Crippen molar-refractivity contribution in [2.45, 2.75) is 13.5 Å². The first-order chi connectivity index (χ1) is 9.10. The minimum absolute atomic E-state index is 0.212. The normalized spacial score (nSPS) is 10.7.